The first kappa shape index (κ1) is 15.7. The number of thiophene rings is 1. The van der Waals surface area contributed by atoms with Crippen LogP contribution in [0.3, 0.4) is 0 Å². The third kappa shape index (κ3) is 3.93. The molecule has 0 radical (unpaired) electrons. The number of aliphatic hydroxyl groups excluding tert-OH is 1. The van der Waals surface area contributed by atoms with Gasteiger partial charge in [-0.05, 0) is 37.3 Å². The lowest BCUT2D eigenvalue weighted by molar-refractivity contribution is -0.125. The van der Waals surface area contributed by atoms with Gasteiger partial charge in [0.25, 0.3) is 0 Å². The SMILES string of the molecule is CC(C)(C(=O)NCCC(O)c1ccccc1)c1cccs1. The summed E-state index contributed by atoms with van der Waals surface area (Å²) in [6.07, 6.45) is -0.0349. The van der Waals surface area contributed by atoms with Crippen molar-refractivity contribution in [2.45, 2.75) is 31.8 Å². The van der Waals surface area contributed by atoms with Crippen LogP contribution in [0, 0.1) is 0 Å². The first-order valence-electron chi connectivity index (χ1n) is 7.07. The second kappa shape index (κ2) is 6.87. The van der Waals surface area contributed by atoms with Gasteiger partial charge in [0.05, 0.1) is 11.5 Å². The summed E-state index contributed by atoms with van der Waals surface area (Å²) in [6, 6.07) is 13.4. The van der Waals surface area contributed by atoms with Gasteiger partial charge in [-0.1, -0.05) is 36.4 Å². The zero-order chi connectivity index (χ0) is 15.3. The van der Waals surface area contributed by atoms with Crippen molar-refractivity contribution in [3.8, 4) is 0 Å². The van der Waals surface area contributed by atoms with Crippen LogP contribution in [0.1, 0.15) is 36.8 Å². The molecular formula is C17H21NO2S. The third-order valence-electron chi connectivity index (χ3n) is 3.59. The van der Waals surface area contributed by atoms with Crippen molar-refractivity contribution in [2.24, 2.45) is 0 Å². The lowest BCUT2D eigenvalue weighted by atomic mass is 9.90. The Kier molecular flexibility index (Phi) is 5.15. The van der Waals surface area contributed by atoms with Gasteiger partial charge in [-0.25, -0.2) is 0 Å². The molecule has 4 heteroatoms. The number of rotatable bonds is 6. The van der Waals surface area contributed by atoms with Crippen molar-refractivity contribution in [2.75, 3.05) is 6.54 Å². The minimum absolute atomic E-state index is 0.00906. The number of carbonyl (C=O) groups excluding carboxylic acids is 1. The molecule has 0 spiro atoms. The molecule has 3 nitrogen and oxygen atoms in total. The Morgan fingerprint density at radius 1 is 1.24 bits per heavy atom. The summed E-state index contributed by atoms with van der Waals surface area (Å²) in [5.41, 5.74) is 0.343. The molecule has 1 unspecified atom stereocenters. The molecule has 0 aliphatic heterocycles. The van der Waals surface area contributed by atoms with Crippen LogP contribution < -0.4 is 5.32 Å². The highest BCUT2D eigenvalue weighted by atomic mass is 32.1. The fourth-order valence-corrected chi connectivity index (χ4v) is 2.98. The van der Waals surface area contributed by atoms with Crippen LogP contribution in [0.15, 0.2) is 47.8 Å². The highest BCUT2D eigenvalue weighted by Crippen LogP contribution is 2.27. The molecule has 21 heavy (non-hydrogen) atoms. The van der Waals surface area contributed by atoms with Gasteiger partial charge < -0.3 is 10.4 Å². The van der Waals surface area contributed by atoms with E-state index in [2.05, 4.69) is 5.32 Å². The number of nitrogens with one attached hydrogen (secondary N) is 1. The van der Waals surface area contributed by atoms with Gasteiger partial charge in [-0.3, -0.25) is 4.79 Å². The number of carbonyl (C=O) groups is 1. The van der Waals surface area contributed by atoms with Crippen LogP contribution in [0.5, 0.6) is 0 Å². The number of amides is 1. The summed E-state index contributed by atoms with van der Waals surface area (Å²) in [5.74, 6) is -0.00906. The Balaban J connectivity index is 1.85. The predicted molar refractivity (Wildman–Crippen MR) is 86.4 cm³/mol. The largest absolute Gasteiger partial charge is 0.388 e. The fourth-order valence-electron chi connectivity index (χ4n) is 2.13. The monoisotopic (exact) mass is 303 g/mol. The number of aliphatic hydroxyl groups is 1. The van der Waals surface area contributed by atoms with Gasteiger partial charge in [0.15, 0.2) is 0 Å². The van der Waals surface area contributed by atoms with Gasteiger partial charge in [-0.2, -0.15) is 0 Å². The molecule has 1 atom stereocenters. The Bertz CT molecular complexity index is 564. The first-order valence-corrected chi connectivity index (χ1v) is 7.95. The quantitative estimate of drug-likeness (QED) is 0.860. The Morgan fingerprint density at radius 2 is 1.95 bits per heavy atom. The van der Waals surface area contributed by atoms with Gasteiger partial charge in [0.2, 0.25) is 5.91 Å². The Labute approximate surface area is 129 Å². The van der Waals surface area contributed by atoms with Crippen LogP contribution >= 0.6 is 11.3 Å². The minimum Gasteiger partial charge on any atom is -0.388 e. The average molecular weight is 303 g/mol. The summed E-state index contributed by atoms with van der Waals surface area (Å²) in [6.45, 7) is 4.30. The molecule has 0 fully saturated rings. The molecule has 0 aliphatic carbocycles. The van der Waals surface area contributed by atoms with Crippen LogP contribution in [-0.2, 0) is 10.2 Å². The second-order valence-corrected chi connectivity index (χ2v) is 6.52. The standard InChI is InChI=1S/C17H21NO2S/c1-17(2,15-9-6-12-21-15)16(20)18-11-10-14(19)13-7-4-3-5-8-13/h3-9,12,14,19H,10-11H2,1-2H3,(H,18,20). The summed E-state index contributed by atoms with van der Waals surface area (Å²) < 4.78 is 0. The van der Waals surface area contributed by atoms with E-state index < -0.39 is 11.5 Å². The molecule has 0 bridgehead atoms. The minimum atomic E-state index is -0.545. The van der Waals surface area contributed by atoms with Crippen LogP contribution in [0.4, 0.5) is 0 Å². The lowest BCUT2D eigenvalue weighted by Gasteiger charge is -2.22. The van der Waals surface area contributed by atoms with Crippen molar-refractivity contribution < 1.29 is 9.90 Å². The van der Waals surface area contributed by atoms with E-state index in [1.54, 1.807) is 11.3 Å². The molecule has 0 saturated heterocycles. The van der Waals surface area contributed by atoms with E-state index >= 15 is 0 Å². The molecule has 1 amide bonds. The molecule has 0 saturated carbocycles. The average Bonchev–Trinajstić information content (AvgIpc) is 3.02. The number of hydrogen-bond acceptors (Lipinski definition) is 3. The molecule has 112 valence electrons. The van der Waals surface area contributed by atoms with Crippen molar-refractivity contribution in [3.63, 3.8) is 0 Å². The first-order chi connectivity index (χ1) is 10.0. The molecule has 1 heterocycles. The lowest BCUT2D eigenvalue weighted by Crippen LogP contribution is -2.40. The maximum absolute atomic E-state index is 12.3. The van der Waals surface area contributed by atoms with E-state index in [0.717, 1.165) is 10.4 Å². The molecule has 2 aromatic rings. The van der Waals surface area contributed by atoms with Crippen molar-refractivity contribution in [1.29, 1.82) is 0 Å². The van der Waals surface area contributed by atoms with Gasteiger partial charge in [0, 0.05) is 11.4 Å². The summed E-state index contributed by atoms with van der Waals surface area (Å²) in [7, 11) is 0. The highest BCUT2D eigenvalue weighted by molar-refractivity contribution is 7.10. The maximum atomic E-state index is 12.3. The fraction of sp³-hybridized carbons (Fsp3) is 0.353. The molecular weight excluding hydrogens is 282 g/mol. The van der Waals surface area contributed by atoms with Crippen molar-refractivity contribution in [3.05, 3.63) is 58.3 Å². The van der Waals surface area contributed by atoms with E-state index in [4.69, 9.17) is 0 Å². The number of benzene rings is 1. The summed E-state index contributed by atoms with van der Waals surface area (Å²) in [4.78, 5) is 13.3. The smallest absolute Gasteiger partial charge is 0.230 e. The summed E-state index contributed by atoms with van der Waals surface area (Å²) >= 11 is 1.58. The number of hydrogen-bond donors (Lipinski definition) is 2. The zero-order valence-electron chi connectivity index (χ0n) is 12.4. The molecule has 2 N–H and O–H groups in total. The van der Waals surface area contributed by atoms with E-state index in [1.165, 1.54) is 0 Å². The van der Waals surface area contributed by atoms with Crippen LogP contribution in [0.2, 0.25) is 0 Å². The van der Waals surface area contributed by atoms with Crippen molar-refractivity contribution >= 4 is 17.2 Å². The van der Waals surface area contributed by atoms with E-state index in [0.29, 0.717) is 13.0 Å². The normalized spacial score (nSPS) is 12.9. The molecule has 2 rings (SSSR count). The van der Waals surface area contributed by atoms with Gasteiger partial charge >= 0.3 is 0 Å². The van der Waals surface area contributed by atoms with E-state index in [9.17, 15) is 9.90 Å². The highest BCUT2D eigenvalue weighted by Gasteiger charge is 2.30. The Morgan fingerprint density at radius 3 is 2.57 bits per heavy atom. The zero-order valence-corrected chi connectivity index (χ0v) is 13.2. The topological polar surface area (TPSA) is 49.3 Å². The van der Waals surface area contributed by atoms with Crippen molar-refractivity contribution in [1.82, 2.24) is 5.32 Å². The van der Waals surface area contributed by atoms with E-state index in [-0.39, 0.29) is 5.91 Å². The maximum Gasteiger partial charge on any atom is 0.230 e. The molecule has 0 aliphatic rings. The third-order valence-corrected chi connectivity index (χ3v) is 4.79. The molecule has 1 aromatic heterocycles. The van der Waals surface area contributed by atoms with E-state index in [1.807, 2.05) is 61.7 Å². The van der Waals surface area contributed by atoms with Crippen LogP contribution in [0.25, 0.3) is 0 Å². The Hall–Kier alpha value is -1.65. The van der Waals surface area contributed by atoms with Crippen LogP contribution in [-0.4, -0.2) is 17.6 Å². The molecule has 1 aromatic carbocycles. The second-order valence-electron chi connectivity index (χ2n) is 5.57. The van der Waals surface area contributed by atoms with Gasteiger partial charge in [0.1, 0.15) is 0 Å². The van der Waals surface area contributed by atoms with Gasteiger partial charge in [-0.15, -0.1) is 11.3 Å². The predicted octanol–water partition coefficient (Wildman–Crippen LogP) is 3.27. The summed E-state index contributed by atoms with van der Waals surface area (Å²) in [5, 5.41) is 15.0.